The third kappa shape index (κ3) is 1.95. The number of H-pyrrole nitrogens is 1. The summed E-state index contributed by atoms with van der Waals surface area (Å²) in [7, 11) is 0. The van der Waals surface area contributed by atoms with Gasteiger partial charge in [-0.3, -0.25) is 4.79 Å². The summed E-state index contributed by atoms with van der Waals surface area (Å²) in [4.78, 5) is 13.3. The monoisotopic (exact) mass is 166 g/mol. The molecule has 1 heterocycles. The van der Waals surface area contributed by atoms with Crippen molar-refractivity contribution in [3.63, 3.8) is 0 Å². The summed E-state index contributed by atoms with van der Waals surface area (Å²) in [5.74, 6) is 0.385. The molecule has 0 saturated carbocycles. The third-order valence-electron chi connectivity index (χ3n) is 1.91. The fraction of sp³-hybridized carbons (Fsp3) is 0.444. The van der Waals surface area contributed by atoms with Gasteiger partial charge in [-0.05, 0) is 11.5 Å². The average molecular weight is 166 g/mol. The highest BCUT2D eigenvalue weighted by Gasteiger charge is 2.09. The van der Waals surface area contributed by atoms with Crippen LogP contribution in [0.1, 0.15) is 25.5 Å². The molecule has 3 N–H and O–H groups in total. The maximum Gasteiger partial charge on any atom is 0.247 e. The standard InChI is InChI=1S/C9H14N2O/c1-6(2)9(10)7-3-4-8(12)11-5-7/h3-6,9H,10H2,1-2H3,(H,11,12)/t9-/m0/s1. The number of hydrogen-bond acceptors (Lipinski definition) is 2. The highest BCUT2D eigenvalue weighted by atomic mass is 16.1. The highest BCUT2D eigenvalue weighted by molar-refractivity contribution is 5.13. The molecule has 0 amide bonds. The van der Waals surface area contributed by atoms with Crippen LogP contribution in [0.4, 0.5) is 0 Å². The van der Waals surface area contributed by atoms with Crippen LogP contribution in [0.5, 0.6) is 0 Å². The molecular formula is C9H14N2O. The molecule has 0 aliphatic carbocycles. The minimum atomic E-state index is -0.0882. The molecule has 0 spiro atoms. The first-order valence-electron chi connectivity index (χ1n) is 4.05. The second-order valence-corrected chi connectivity index (χ2v) is 3.26. The molecule has 0 radical (unpaired) electrons. The predicted octanol–water partition coefficient (Wildman–Crippen LogP) is 1.03. The molecule has 0 bridgehead atoms. The van der Waals surface area contributed by atoms with Gasteiger partial charge in [-0.2, -0.15) is 0 Å². The first-order chi connectivity index (χ1) is 5.61. The Balaban J connectivity index is 2.89. The number of nitrogens with one attached hydrogen (secondary N) is 1. The number of pyridine rings is 1. The van der Waals surface area contributed by atoms with Crippen molar-refractivity contribution in [3.8, 4) is 0 Å². The Bertz CT molecular complexity index is 283. The number of hydrogen-bond donors (Lipinski definition) is 2. The second-order valence-electron chi connectivity index (χ2n) is 3.26. The number of rotatable bonds is 2. The quantitative estimate of drug-likeness (QED) is 0.689. The van der Waals surface area contributed by atoms with Crippen LogP contribution in [0.15, 0.2) is 23.1 Å². The zero-order chi connectivity index (χ0) is 9.14. The summed E-state index contributed by atoms with van der Waals surface area (Å²) in [5.41, 5.74) is 6.75. The van der Waals surface area contributed by atoms with Crippen LogP contribution in [-0.2, 0) is 0 Å². The molecule has 3 heteroatoms. The fourth-order valence-corrected chi connectivity index (χ4v) is 1.01. The van der Waals surface area contributed by atoms with Crippen LogP contribution >= 0.6 is 0 Å². The van der Waals surface area contributed by atoms with Gasteiger partial charge in [0.15, 0.2) is 0 Å². The molecule has 1 rings (SSSR count). The molecule has 0 aliphatic rings. The van der Waals surface area contributed by atoms with E-state index in [1.807, 2.05) is 0 Å². The van der Waals surface area contributed by atoms with Crippen LogP contribution in [0.3, 0.4) is 0 Å². The van der Waals surface area contributed by atoms with Crippen LogP contribution in [0.2, 0.25) is 0 Å². The smallest absolute Gasteiger partial charge is 0.247 e. The van der Waals surface area contributed by atoms with Gasteiger partial charge in [-0.1, -0.05) is 19.9 Å². The largest absolute Gasteiger partial charge is 0.329 e. The predicted molar refractivity (Wildman–Crippen MR) is 48.8 cm³/mol. The van der Waals surface area contributed by atoms with Crippen molar-refractivity contribution >= 4 is 0 Å². The zero-order valence-electron chi connectivity index (χ0n) is 7.37. The maximum absolute atomic E-state index is 10.7. The van der Waals surface area contributed by atoms with Crippen LogP contribution in [0, 0.1) is 5.92 Å². The molecule has 12 heavy (non-hydrogen) atoms. The maximum atomic E-state index is 10.7. The van der Waals surface area contributed by atoms with Crippen molar-refractivity contribution in [2.75, 3.05) is 0 Å². The summed E-state index contributed by atoms with van der Waals surface area (Å²) < 4.78 is 0. The summed E-state index contributed by atoms with van der Waals surface area (Å²) >= 11 is 0. The Kier molecular flexibility index (Phi) is 2.65. The van der Waals surface area contributed by atoms with E-state index in [1.54, 1.807) is 12.3 Å². The van der Waals surface area contributed by atoms with Crippen LogP contribution in [-0.4, -0.2) is 4.98 Å². The van der Waals surface area contributed by atoms with E-state index in [2.05, 4.69) is 18.8 Å². The lowest BCUT2D eigenvalue weighted by atomic mass is 9.99. The summed E-state index contributed by atoms with van der Waals surface area (Å²) in [6, 6.07) is 3.27. The van der Waals surface area contributed by atoms with Crippen molar-refractivity contribution in [1.29, 1.82) is 0 Å². The first kappa shape index (κ1) is 9.00. The van der Waals surface area contributed by atoms with E-state index >= 15 is 0 Å². The molecule has 0 unspecified atom stereocenters. The average Bonchev–Trinajstić information content (AvgIpc) is 2.04. The van der Waals surface area contributed by atoms with Gasteiger partial charge < -0.3 is 10.7 Å². The molecule has 66 valence electrons. The van der Waals surface area contributed by atoms with Crippen molar-refractivity contribution in [2.45, 2.75) is 19.9 Å². The molecule has 0 aromatic carbocycles. The molecule has 0 aliphatic heterocycles. The zero-order valence-corrected chi connectivity index (χ0v) is 7.37. The molecule has 1 aromatic heterocycles. The number of aromatic amines is 1. The third-order valence-corrected chi connectivity index (χ3v) is 1.91. The topological polar surface area (TPSA) is 58.9 Å². The van der Waals surface area contributed by atoms with E-state index in [1.165, 1.54) is 6.07 Å². The van der Waals surface area contributed by atoms with Gasteiger partial charge in [0.1, 0.15) is 0 Å². The van der Waals surface area contributed by atoms with E-state index in [-0.39, 0.29) is 11.6 Å². The molecule has 3 nitrogen and oxygen atoms in total. The van der Waals surface area contributed by atoms with E-state index < -0.39 is 0 Å². The molecule has 1 aromatic rings. The van der Waals surface area contributed by atoms with Gasteiger partial charge in [0.05, 0.1) is 0 Å². The van der Waals surface area contributed by atoms with Gasteiger partial charge >= 0.3 is 0 Å². The lowest BCUT2D eigenvalue weighted by Crippen LogP contribution is -2.18. The lowest BCUT2D eigenvalue weighted by molar-refractivity contribution is 0.513. The lowest BCUT2D eigenvalue weighted by Gasteiger charge is -2.14. The molecule has 0 fully saturated rings. The van der Waals surface area contributed by atoms with E-state index in [4.69, 9.17) is 5.73 Å². The summed E-state index contributed by atoms with van der Waals surface area (Å²) in [5, 5.41) is 0. The minimum absolute atomic E-state index is 0.00171. The SMILES string of the molecule is CC(C)[C@H](N)c1ccc(=O)[nH]c1. The van der Waals surface area contributed by atoms with Crippen LogP contribution < -0.4 is 11.3 Å². The second kappa shape index (κ2) is 3.54. The van der Waals surface area contributed by atoms with Crippen molar-refractivity contribution in [3.05, 3.63) is 34.2 Å². The number of aromatic nitrogens is 1. The van der Waals surface area contributed by atoms with Gasteiger partial charge in [-0.25, -0.2) is 0 Å². The van der Waals surface area contributed by atoms with Gasteiger partial charge in [0, 0.05) is 18.3 Å². The van der Waals surface area contributed by atoms with Gasteiger partial charge in [0.2, 0.25) is 5.56 Å². The molecular weight excluding hydrogens is 152 g/mol. The molecule has 0 saturated heterocycles. The first-order valence-corrected chi connectivity index (χ1v) is 4.05. The molecule has 1 atom stereocenters. The fourth-order valence-electron chi connectivity index (χ4n) is 1.01. The van der Waals surface area contributed by atoms with Crippen LogP contribution in [0.25, 0.3) is 0 Å². The number of nitrogens with two attached hydrogens (primary N) is 1. The highest BCUT2D eigenvalue weighted by Crippen LogP contribution is 2.15. The Hall–Kier alpha value is -1.09. The van der Waals surface area contributed by atoms with E-state index in [0.29, 0.717) is 5.92 Å². The Morgan fingerprint density at radius 1 is 1.42 bits per heavy atom. The summed E-state index contributed by atoms with van der Waals surface area (Å²) in [6.45, 7) is 4.10. The Morgan fingerprint density at radius 2 is 2.08 bits per heavy atom. The van der Waals surface area contributed by atoms with Crippen molar-refractivity contribution < 1.29 is 0 Å². The Labute approximate surface area is 71.6 Å². The van der Waals surface area contributed by atoms with Gasteiger partial charge in [-0.15, -0.1) is 0 Å². The van der Waals surface area contributed by atoms with E-state index in [0.717, 1.165) is 5.56 Å². The van der Waals surface area contributed by atoms with Crippen molar-refractivity contribution in [1.82, 2.24) is 4.98 Å². The van der Waals surface area contributed by atoms with Crippen molar-refractivity contribution in [2.24, 2.45) is 11.7 Å². The van der Waals surface area contributed by atoms with E-state index in [9.17, 15) is 4.79 Å². The Morgan fingerprint density at radius 3 is 2.50 bits per heavy atom. The minimum Gasteiger partial charge on any atom is -0.329 e. The normalized spacial score (nSPS) is 13.3. The summed E-state index contributed by atoms with van der Waals surface area (Å²) in [6.07, 6.45) is 1.67. The van der Waals surface area contributed by atoms with Gasteiger partial charge in [0.25, 0.3) is 0 Å².